The number of thiazole rings is 1. The Balaban J connectivity index is 1.25. The molecular formula is C26H23N3O6S2. The van der Waals surface area contributed by atoms with E-state index < -0.39 is 28.5 Å². The maximum atomic E-state index is 13.4. The van der Waals surface area contributed by atoms with Crippen LogP contribution in [0.1, 0.15) is 22.3 Å². The van der Waals surface area contributed by atoms with Crippen LogP contribution in [0.3, 0.4) is 0 Å². The summed E-state index contributed by atoms with van der Waals surface area (Å²) >= 11 is 1.26. The molecule has 2 heterocycles. The van der Waals surface area contributed by atoms with Crippen molar-refractivity contribution < 1.29 is 27.5 Å². The second-order valence-electron chi connectivity index (χ2n) is 8.31. The predicted octanol–water partition coefficient (Wildman–Crippen LogP) is 4.24. The lowest BCUT2D eigenvalue weighted by Gasteiger charge is -2.30. The summed E-state index contributed by atoms with van der Waals surface area (Å²) in [5.41, 5.74) is 2.34. The molecule has 0 spiro atoms. The van der Waals surface area contributed by atoms with Gasteiger partial charge in [-0.2, -0.15) is 0 Å². The van der Waals surface area contributed by atoms with Crippen LogP contribution in [0.5, 0.6) is 5.75 Å². The summed E-state index contributed by atoms with van der Waals surface area (Å²) in [6, 6.07) is 18.4. The third kappa shape index (κ3) is 5.13. The van der Waals surface area contributed by atoms with Crippen LogP contribution < -0.4 is 14.4 Å². The number of nitrogens with zero attached hydrogens (tertiary/aromatic N) is 2. The molecule has 0 aliphatic carbocycles. The number of benzene rings is 3. The van der Waals surface area contributed by atoms with Crippen LogP contribution in [0.15, 0.2) is 71.6 Å². The highest BCUT2D eigenvalue weighted by Crippen LogP contribution is 2.32. The van der Waals surface area contributed by atoms with Gasteiger partial charge in [-0.25, -0.2) is 18.2 Å². The second kappa shape index (κ2) is 10.2. The van der Waals surface area contributed by atoms with Gasteiger partial charge in [-0.3, -0.25) is 14.4 Å². The van der Waals surface area contributed by atoms with E-state index >= 15 is 0 Å². The first kappa shape index (κ1) is 24.7. The van der Waals surface area contributed by atoms with Crippen LogP contribution >= 0.6 is 11.3 Å². The molecule has 1 N–H and O–H groups in total. The molecule has 1 aromatic heterocycles. The van der Waals surface area contributed by atoms with Gasteiger partial charge in [0.25, 0.3) is 15.9 Å². The average molecular weight is 538 g/mol. The lowest BCUT2D eigenvalue weighted by Crippen LogP contribution is -2.35. The smallest absolute Gasteiger partial charge is 0.338 e. The van der Waals surface area contributed by atoms with Crippen LogP contribution in [-0.2, 0) is 26.0 Å². The molecule has 1 amide bonds. The van der Waals surface area contributed by atoms with E-state index in [-0.39, 0.29) is 10.5 Å². The minimum Gasteiger partial charge on any atom is -0.497 e. The fourth-order valence-corrected chi connectivity index (χ4v) is 6.61. The molecule has 0 radical (unpaired) electrons. The number of methoxy groups -OCH3 is 1. The van der Waals surface area contributed by atoms with Crippen molar-refractivity contribution in [3.63, 3.8) is 0 Å². The molecule has 1 aliphatic heterocycles. The summed E-state index contributed by atoms with van der Waals surface area (Å²) in [6.07, 6.45) is 1.51. The maximum absolute atomic E-state index is 13.4. The number of carbonyl (C=O) groups excluding carboxylic acids is 2. The number of aryl methyl sites for hydroxylation is 1. The van der Waals surface area contributed by atoms with Crippen LogP contribution in [0.4, 0.5) is 10.8 Å². The van der Waals surface area contributed by atoms with Crippen molar-refractivity contribution in [3.05, 3.63) is 77.9 Å². The molecule has 0 unspecified atom stereocenters. The lowest BCUT2D eigenvalue weighted by atomic mass is 10.0. The monoisotopic (exact) mass is 537 g/mol. The Morgan fingerprint density at radius 1 is 1.08 bits per heavy atom. The Bertz CT molecular complexity index is 1600. The van der Waals surface area contributed by atoms with Crippen LogP contribution in [0.25, 0.3) is 10.2 Å². The number of aromatic nitrogens is 1. The first-order valence-corrected chi connectivity index (χ1v) is 13.7. The van der Waals surface area contributed by atoms with E-state index in [2.05, 4.69) is 10.3 Å². The van der Waals surface area contributed by atoms with Gasteiger partial charge in [0.1, 0.15) is 5.75 Å². The third-order valence-electron chi connectivity index (χ3n) is 5.90. The number of para-hydroxylation sites is 1. The lowest BCUT2D eigenvalue weighted by molar-refractivity contribution is -0.119. The Hall–Kier alpha value is -3.96. The number of nitrogens with one attached hydrogen (secondary N) is 1. The van der Waals surface area contributed by atoms with Crippen LogP contribution in [0, 0.1) is 0 Å². The standard InChI is InChI=1S/C26H23N3O6S2/c1-34-19-11-12-21-23(15-19)36-26(27-21)28-24(30)16-35-25(31)18-7-4-9-20(14-18)37(32,33)29-13-5-8-17-6-2-3-10-22(17)29/h2-4,6-7,9-12,14-15H,5,8,13,16H2,1H3,(H,27,28,30). The minimum atomic E-state index is -3.89. The highest BCUT2D eigenvalue weighted by atomic mass is 32.2. The Kier molecular flexibility index (Phi) is 6.81. The summed E-state index contributed by atoms with van der Waals surface area (Å²) in [7, 11) is -2.32. The van der Waals surface area contributed by atoms with E-state index in [1.54, 1.807) is 31.4 Å². The SMILES string of the molecule is COc1ccc2nc(NC(=O)COC(=O)c3cccc(S(=O)(=O)N4CCCc5ccccc54)c3)sc2c1. The number of rotatable bonds is 7. The number of carbonyl (C=O) groups is 2. The number of esters is 1. The van der Waals surface area contributed by atoms with Gasteiger partial charge in [-0.15, -0.1) is 0 Å². The summed E-state index contributed by atoms with van der Waals surface area (Å²) < 4.78 is 39.3. The summed E-state index contributed by atoms with van der Waals surface area (Å²) in [6.45, 7) is -0.193. The first-order chi connectivity index (χ1) is 17.8. The number of ether oxygens (including phenoxy) is 2. The van der Waals surface area contributed by atoms with Gasteiger partial charge in [0.15, 0.2) is 11.7 Å². The number of fused-ring (bicyclic) bond motifs is 2. The second-order valence-corrected chi connectivity index (χ2v) is 11.2. The van der Waals surface area contributed by atoms with Crippen molar-refractivity contribution in [1.82, 2.24) is 4.98 Å². The van der Waals surface area contributed by atoms with Crippen molar-refractivity contribution in [2.24, 2.45) is 0 Å². The van der Waals surface area contributed by atoms with Crippen molar-refractivity contribution in [2.45, 2.75) is 17.7 Å². The van der Waals surface area contributed by atoms with Crippen molar-refractivity contribution in [3.8, 4) is 5.75 Å². The summed E-state index contributed by atoms with van der Waals surface area (Å²) in [4.78, 5) is 29.3. The average Bonchev–Trinajstić information content (AvgIpc) is 3.32. The van der Waals surface area contributed by atoms with E-state index in [1.165, 1.54) is 39.9 Å². The van der Waals surface area contributed by atoms with Crippen molar-refractivity contribution >= 4 is 54.3 Å². The number of hydrogen-bond donors (Lipinski definition) is 1. The van der Waals surface area contributed by atoms with Gasteiger partial charge < -0.3 is 9.47 Å². The van der Waals surface area contributed by atoms with E-state index in [1.807, 2.05) is 18.2 Å². The normalized spacial score (nSPS) is 13.2. The first-order valence-electron chi connectivity index (χ1n) is 11.5. The predicted molar refractivity (Wildman–Crippen MR) is 141 cm³/mol. The van der Waals surface area contributed by atoms with Gasteiger partial charge in [0.05, 0.1) is 33.5 Å². The molecule has 37 heavy (non-hydrogen) atoms. The maximum Gasteiger partial charge on any atom is 0.338 e. The largest absolute Gasteiger partial charge is 0.497 e. The number of hydrogen-bond acceptors (Lipinski definition) is 8. The Morgan fingerprint density at radius 2 is 1.92 bits per heavy atom. The summed E-state index contributed by atoms with van der Waals surface area (Å²) in [5, 5.41) is 2.97. The number of anilines is 2. The number of sulfonamides is 1. The minimum absolute atomic E-state index is 0.0204. The summed E-state index contributed by atoms with van der Waals surface area (Å²) in [5.74, 6) is -0.690. The highest BCUT2D eigenvalue weighted by molar-refractivity contribution is 7.92. The molecule has 3 aromatic carbocycles. The van der Waals surface area contributed by atoms with E-state index in [0.717, 1.165) is 16.7 Å². The molecule has 4 aromatic rings. The highest BCUT2D eigenvalue weighted by Gasteiger charge is 2.29. The topological polar surface area (TPSA) is 115 Å². The number of amides is 1. The van der Waals surface area contributed by atoms with E-state index in [4.69, 9.17) is 9.47 Å². The molecule has 0 saturated carbocycles. The molecule has 190 valence electrons. The van der Waals surface area contributed by atoms with Crippen LogP contribution in [0.2, 0.25) is 0 Å². The molecule has 9 nitrogen and oxygen atoms in total. The van der Waals surface area contributed by atoms with E-state index in [0.29, 0.717) is 35.1 Å². The van der Waals surface area contributed by atoms with E-state index in [9.17, 15) is 18.0 Å². The molecule has 1 aliphatic rings. The molecule has 0 atom stereocenters. The fourth-order valence-electron chi connectivity index (χ4n) is 4.11. The Labute approximate surface area is 217 Å². The van der Waals surface area contributed by atoms with Crippen molar-refractivity contribution in [2.75, 3.05) is 29.9 Å². The quantitative estimate of drug-likeness (QED) is 0.351. The molecule has 0 saturated heterocycles. The zero-order valence-corrected chi connectivity index (χ0v) is 21.5. The molecular weight excluding hydrogens is 514 g/mol. The van der Waals surface area contributed by atoms with Gasteiger partial charge in [-0.05, 0) is 60.9 Å². The van der Waals surface area contributed by atoms with Crippen molar-refractivity contribution in [1.29, 1.82) is 0 Å². The van der Waals surface area contributed by atoms with Crippen LogP contribution in [-0.4, -0.2) is 45.5 Å². The molecule has 0 fully saturated rings. The third-order valence-corrected chi connectivity index (χ3v) is 8.64. The van der Waals surface area contributed by atoms with Gasteiger partial charge in [0, 0.05) is 6.54 Å². The molecule has 0 bridgehead atoms. The van der Waals surface area contributed by atoms with Gasteiger partial charge in [0.2, 0.25) is 0 Å². The molecule has 5 rings (SSSR count). The molecule has 11 heteroatoms. The zero-order valence-electron chi connectivity index (χ0n) is 19.8. The fraction of sp³-hybridized carbons (Fsp3) is 0.192. The van der Waals surface area contributed by atoms with Gasteiger partial charge >= 0.3 is 5.97 Å². The Morgan fingerprint density at radius 3 is 2.76 bits per heavy atom. The zero-order chi connectivity index (χ0) is 26.0. The van der Waals surface area contributed by atoms with Gasteiger partial charge in [-0.1, -0.05) is 35.6 Å².